The van der Waals surface area contributed by atoms with E-state index in [4.69, 9.17) is 17.8 Å². The standard InChI is InChI=1S/C21H25N3O6S/c1-15-5-8-18(9-6-15)31(25,26)28-12-11-27-14-19-16(2)23-20(30-19)10-7-17-13-22-21(29-17)24(3)4/h5-10,13H,11-12,14H2,1-4H3/b10-7+. The number of hydrogen-bond donors (Lipinski definition) is 0. The van der Waals surface area contributed by atoms with Crippen LogP contribution in [0.15, 0.2) is 44.2 Å². The van der Waals surface area contributed by atoms with Crippen molar-refractivity contribution in [2.45, 2.75) is 25.3 Å². The van der Waals surface area contributed by atoms with Crippen molar-refractivity contribution in [3.05, 3.63) is 59.1 Å². The molecule has 0 aliphatic rings. The van der Waals surface area contributed by atoms with Gasteiger partial charge in [0.05, 0.1) is 30.0 Å². The first-order chi connectivity index (χ1) is 14.7. The number of benzene rings is 1. The fourth-order valence-electron chi connectivity index (χ4n) is 2.51. The molecule has 166 valence electrons. The number of hydrogen-bond acceptors (Lipinski definition) is 9. The van der Waals surface area contributed by atoms with Gasteiger partial charge < -0.3 is 18.5 Å². The quantitative estimate of drug-likeness (QED) is 0.341. The maximum Gasteiger partial charge on any atom is 0.297 e. The van der Waals surface area contributed by atoms with E-state index in [9.17, 15) is 8.42 Å². The summed E-state index contributed by atoms with van der Waals surface area (Å²) >= 11 is 0. The van der Waals surface area contributed by atoms with Gasteiger partial charge in [0.25, 0.3) is 16.1 Å². The van der Waals surface area contributed by atoms with Gasteiger partial charge in [0.2, 0.25) is 5.89 Å². The molecule has 0 saturated carbocycles. The Kier molecular flexibility index (Phi) is 7.26. The van der Waals surface area contributed by atoms with Gasteiger partial charge in [-0.05, 0) is 32.1 Å². The van der Waals surface area contributed by atoms with Crippen LogP contribution in [-0.2, 0) is 25.6 Å². The van der Waals surface area contributed by atoms with Gasteiger partial charge in [0.15, 0.2) is 5.76 Å². The van der Waals surface area contributed by atoms with E-state index in [0.29, 0.717) is 29.1 Å². The first kappa shape index (κ1) is 22.7. The van der Waals surface area contributed by atoms with Crippen molar-refractivity contribution in [1.82, 2.24) is 9.97 Å². The second-order valence-electron chi connectivity index (χ2n) is 6.98. The van der Waals surface area contributed by atoms with E-state index in [2.05, 4.69) is 9.97 Å². The zero-order valence-corrected chi connectivity index (χ0v) is 18.7. The van der Waals surface area contributed by atoms with Crippen LogP contribution in [-0.4, -0.2) is 45.7 Å². The van der Waals surface area contributed by atoms with Crippen LogP contribution in [0.2, 0.25) is 0 Å². The minimum Gasteiger partial charge on any atom is -0.439 e. The second kappa shape index (κ2) is 9.90. The highest BCUT2D eigenvalue weighted by molar-refractivity contribution is 7.86. The highest BCUT2D eigenvalue weighted by Crippen LogP contribution is 2.17. The molecule has 0 atom stereocenters. The molecule has 10 heteroatoms. The van der Waals surface area contributed by atoms with Crippen LogP contribution in [0.1, 0.15) is 28.7 Å². The van der Waals surface area contributed by atoms with E-state index < -0.39 is 10.1 Å². The Balaban J connectivity index is 1.47. The first-order valence-corrected chi connectivity index (χ1v) is 11.0. The maximum atomic E-state index is 12.1. The number of rotatable bonds is 10. The summed E-state index contributed by atoms with van der Waals surface area (Å²) in [5, 5.41) is 0. The van der Waals surface area contributed by atoms with Crippen LogP contribution < -0.4 is 4.90 Å². The second-order valence-corrected chi connectivity index (χ2v) is 8.59. The van der Waals surface area contributed by atoms with Gasteiger partial charge in [-0.1, -0.05) is 17.7 Å². The normalized spacial score (nSPS) is 12.0. The van der Waals surface area contributed by atoms with E-state index in [0.717, 1.165) is 5.56 Å². The Hall–Kier alpha value is -2.95. The maximum absolute atomic E-state index is 12.1. The SMILES string of the molecule is Cc1ccc(S(=O)(=O)OCCOCc2oc(/C=C/c3cnc(N(C)C)o3)nc2C)cc1. The number of nitrogens with zero attached hydrogens (tertiary/aromatic N) is 3. The minimum absolute atomic E-state index is 0.0851. The third kappa shape index (κ3) is 6.27. The molecule has 3 aromatic rings. The van der Waals surface area contributed by atoms with Crippen molar-refractivity contribution in [2.75, 3.05) is 32.2 Å². The van der Waals surface area contributed by atoms with Crippen molar-refractivity contribution in [2.24, 2.45) is 0 Å². The molecule has 1 aromatic carbocycles. The van der Waals surface area contributed by atoms with E-state index >= 15 is 0 Å². The van der Waals surface area contributed by atoms with Crippen molar-refractivity contribution < 1.29 is 26.2 Å². The molecule has 0 saturated heterocycles. The Labute approximate surface area is 181 Å². The van der Waals surface area contributed by atoms with Crippen molar-refractivity contribution >= 4 is 28.3 Å². The first-order valence-electron chi connectivity index (χ1n) is 9.56. The number of oxazole rings is 2. The molecule has 0 aliphatic carbocycles. The third-order valence-corrected chi connectivity index (χ3v) is 5.53. The average Bonchev–Trinajstić information content (AvgIpc) is 3.33. The molecule has 0 amide bonds. The molecule has 2 aromatic heterocycles. The minimum atomic E-state index is -3.81. The Bertz CT molecular complexity index is 1130. The smallest absolute Gasteiger partial charge is 0.297 e. The lowest BCUT2D eigenvalue weighted by atomic mass is 10.2. The average molecular weight is 448 g/mol. The molecular weight excluding hydrogens is 422 g/mol. The predicted molar refractivity (Wildman–Crippen MR) is 115 cm³/mol. The van der Waals surface area contributed by atoms with Gasteiger partial charge in [-0.3, -0.25) is 4.18 Å². The molecule has 0 spiro atoms. The molecule has 0 fully saturated rings. The van der Waals surface area contributed by atoms with E-state index in [1.807, 2.05) is 21.0 Å². The Morgan fingerprint density at radius 1 is 1.06 bits per heavy atom. The van der Waals surface area contributed by atoms with Crippen LogP contribution >= 0.6 is 0 Å². The fourth-order valence-corrected chi connectivity index (χ4v) is 3.40. The lowest BCUT2D eigenvalue weighted by molar-refractivity contribution is 0.0793. The molecule has 9 nitrogen and oxygen atoms in total. The number of aryl methyl sites for hydroxylation is 2. The summed E-state index contributed by atoms with van der Waals surface area (Å²) in [7, 11) is -0.127. The van der Waals surface area contributed by atoms with Gasteiger partial charge in [-0.15, -0.1) is 0 Å². The summed E-state index contributed by atoms with van der Waals surface area (Å²) < 4.78 is 45.9. The lowest BCUT2D eigenvalue weighted by Gasteiger charge is -2.06. The highest BCUT2D eigenvalue weighted by Gasteiger charge is 2.15. The topological polar surface area (TPSA) is 108 Å². The molecule has 0 bridgehead atoms. The van der Waals surface area contributed by atoms with Crippen LogP contribution in [0.25, 0.3) is 12.2 Å². The van der Waals surface area contributed by atoms with Crippen molar-refractivity contribution in [3.63, 3.8) is 0 Å². The summed E-state index contributed by atoms with van der Waals surface area (Å²) in [4.78, 5) is 10.3. The van der Waals surface area contributed by atoms with Gasteiger partial charge >= 0.3 is 0 Å². The molecule has 0 unspecified atom stereocenters. The van der Waals surface area contributed by atoms with Gasteiger partial charge in [0.1, 0.15) is 12.4 Å². The van der Waals surface area contributed by atoms with Crippen LogP contribution in [0.5, 0.6) is 0 Å². The summed E-state index contributed by atoms with van der Waals surface area (Å²) in [6.45, 7) is 3.81. The number of aromatic nitrogens is 2. The molecule has 0 aliphatic heterocycles. The zero-order valence-electron chi connectivity index (χ0n) is 17.9. The largest absolute Gasteiger partial charge is 0.439 e. The molecule has 0 N–H and O–H groups in total. The van der Waals surface area contributed by atoms with Gasteiger partial charge in [-0.25, -0.2) is 9.97 Å². The van der Waals surface area contributed by atoms with Crippen LogP contribution in [0, 0.1) is 13.8 Å². The fraction of sp³-hybridized carbons (Fsp3) is 0.333. The molecule has 31 heavy (non-hydrogen) atoms. The summed E-state index contributed by atoms with van der Waals surface area (Å²) in [6, 6.07) is 6.96. The molecule has 0 radical (unpaired) electrons. The van der Waals surface area contributed by atoms with Crippen LogP contribution in [0.3, 0.4) is 0 Å². The zero-order chi connectivity index (χ0) is 22.4. The molecular formula is C21H25N3O6S. The summed E-state index contributed by atoms with van der Waals surface area (Å²) in [6.07, 6.45) is 4.99. The Morgan fingerprint density at radius 3 is 2.48 bits per heavy atom. The molecule has 3 rings (SSSR count). The van der Waals surface area contributed by atoms with Crippen molar-refractivity contribution in [3.8, 4) is 0 Å². The van der Waals surface area contributed by atoms with Crippen molar-refractivity contribution in [1.29, 1.82) is 0 Å². The van der Waals surface area contributed by atoms with Crippen LogP contribution in [0.4, 0.5) is 6.01 Å². The highest BCUT2D eigenvalue weighted by atomic mass is 32.2. The molecule has 2 heterocycles. The lowest BCUT2D eigenvalue weighted by Crippen LogP contribution is -2.11. The number of ether oxygens (including phenoxy) is 1. The van der Waals surface area contributed by atoms with Gasteiger partial charge in [-0.2, -0.15) is 8.42 Å². The third-order valence-electron chi connectivity index (χ3n) is 4.20. The predicted octanol–water partition coefficient (Wildman–Crippen LogP) is 3.44. The van der Waals surface area contributed by atoms with E-state index in [-0.39, 0.29) is 24.7 Å². The number of anilines is 1. The van der Waals surface area contributed by atoms with E-state index in [1.165, 1.54) is 12.1 Å². The summed E-state index contributed by atoms with van der Waals surface area (Å²) in [5.41, 5.74) is 1.65. The monoisotopic (exact) mass is 447 g/mol. The summed E-state index contributed by atoms with van der Waals surface area (Å²) in [5.74, 6) is 1.52. The Morgan fingerprint density at radius 2 is 1.81 bits per heavy atom. The van der Waals surface area contributed by atoms with E-state index in [1.54, 1.807) is 42.3 Å². The van der Waals surface area contributed by atoms with Gasteiger partial charge in [0, 0.05) is 20.2 Å².